The Morgan fingerprint density at radius 1 is 0.950 bits per heavy atom. The summed E-state index contributed by atoms with van der Waals surface area (Å²) in [5.41, 5.74) is 2.05. The molecule has 5 rings (SSSR count). The summed E-state index contributed by atoms with van der Waals surface area (Å²) in [7, 11) is 6.18. The maximum absolute atomic E-state index is 11.8. The highest BCUT2D eigenvalue weighted by molar-refractivity contribution is 7.07. The molecule has 0 fully saturated rings. The second-order valence-electron chi connectivity index (χ2n) is 8.21. The molecule has 206 valence electrons. The van der Waals surface area contributed by atoms with E-state index >= 15 is 0 Å². The molecule has 12 nitrogen and oxygen atoms in total. The molecule has 4 aromatic rings. The fourth-order valence-electron chi connectivity index (χ4n) is 4.01. The summed E-state index contributed by atoms with van der Waals surface area (Å²) in [6, 6.07) is 13.7. The van der Waals surface area contributed by atoms with Gasteiger partial charge in [0.2, 0.25) is 17.3 Å². The Bertz CT molecular complexity index is 1640. The Hall–Kier alpha value is -5.04. The van der Waals surface area contributed by atoms with E-state index in [9.17, 15) is 10.1 Å². The second-order valence-corrected chi connectivity index (χ2v) is 9.04. The van der Waals surface area contributed by atoms with E-state index in [4.69, 9.17) is 33.4 Å². The Labute approximate surface area is 232 Å². The normalized spacial score (nSPS) is 12.6. The minimum atomic E-state index is -0.496. The number of ether oxygens (including phenoxy) is 6. The van der Waals surface area contributed by atoms with Gasteiger partial charge in [0, 0.05) is 10.9 Å². The molecule has 3 aromatic carbocycles. The van der Waals surface area contributed by atoms with Crippen molar-refractivity contribution < 1.29 is 33.3 Å². The fourth-order valence-corrected chi connectivity index (χ4v) is 4.87. The van der Waals surface area contributed by atoms with Crippen LogP contribution >= 0.6 is 11.3 Å². The van der Waals surface area contributed by atoms with E-state index in [0.29, 0.717) is 56.2 Å². The second kappa shape index (κ2) is 11.4. The topological polar surface area (TPSA) is 128 Å². The first kappa shape index (κ1) is 26.6. The van der Waals surface area contributed by atoms with Gasteiger partial charge in [0.05, 0.1) is 62.6 Å². The van der Waals surface area contributed by atoms with Crippen LogP contribution in [0.5, 0.6) is 34.5 Å². The van der Waals surface area contributed by atoms with Crippen LogP contribution in [0.15, 0.2) is 64.0 Å². The van der Waals surface area contributed by atoms with Crippen molar-refractivity contribution in [1.82, 2.24) is 4.68 Å². The molecule has 0 radical (unpaired) electrons. The van der Waals surface area contributed by atoms with Crippen molar-refractivity contribution in [3.8, 4) is 45.8 Å². The lowest BCUT2D eigenvalue weighted by atomic mass is 10.1. The number of aromatic nitrogens is 1. The van der Waals surface area contributed by atoms with Crippen LogP contribution in [0.2, 0.25) is 0 Å². The zero-order valence-corrected chi connectivity index (χ0v) is 22.8. The number of methoxy groups -OCH3 is 4. The summed E-state index contributed by atoms with van der Waals surface area (Å²) in [4.78, 5) is 16.6. The van der Waals surface area contributed by atoms with Crippen LogP contribution in [0.1, 0.15) is 5.56 Å². The summed E-state index contributed by atoms with van der Waals surface area (Å²) < 4.78 is 34.1. The number of fused-ring (bicyclic) bond motifs is 1. The molecule has 0 amide bonds. The van der Waals surface area contributed by atoms with E-state index in [-0.39, 0.29) is 18.0 Å². The Balaban J connectivity index is 1.69. The van der Waals surface area contributed by atoms with Gasteiger partial charge in [0.25, 0.3) is 5.69 Å². The quantitative estimate of drug-likeness (QED) is 0.158. The molecule has 0 unspecified atom stereocenters. The van der Waals surface area contributed by atoms with Gasteiger partial charge in [0.1, 0.15) is 5.75 Å². The van der Waals surface area contributed by atoms with Gasteiger partial charge in [-0.1, -0.05) is 0 Å². The van der Waals surface area contributed by atoms with Crippen LogP contribution in [-0.4, -0.2) is 51.0 Å². The molecular weight excluding hydrogens is 540 g/mol. The number of nitro benzene ring substituents is 1. The minimum absolute atomic E-state index is 0.0114. The van der Waals surface area contributed by atoms with Crippen LogP contribution < -0.4 is 33.2 Å². The third-order valence-electron chi connectivity index (χ3n) is 5.97. The molecular formula is C27H24N4O8S. The molecule has 1 aromatic heterocycles. The lowest BCUT2D eigenvalue weighted by Gasteiger charge is -2.14. The Morgan fingerprint density at radius 2 is 1.62 bits per heavy atom. The lowest BCUT2D eigenvalue weighted by Crippen LogP contribution is -2.12. The van der Waals surface area contributed by atoms with Gasteiger partial charge in [-0.05, 0) is 42.5 Å². The molecule has 40 heavy (non-hydrogen) atoms. The molecule has 0 atom stereocenters. The SMILES string of the molecule is COc1ccc(N=c2scc(-c3cc(OC)c(OC)c(OC)c3)n2/N=C\c2cc3c(cc2[N+](=O)[O-])OCO3)cc1. The molecule has 1 aliphatic rings. The highest BCUT2D eigenvalue weighted by Gasteiger charge is 2.23. The van der Waals surface area contributed by atoms with Crippen molar-refractivity contribution in [2.75, 3.05) is 35.2 Å². The number of nitro groups is 1. The van der Waals surface area contributed by atoms with E-state index in [2.05, 4.69) is 5.10 Å². The summed E-state index contributed by atoms with van der Waals surface area (Å²) in [6.45, 7) is -0.0114. The van der Waals surface area contributed by atoms with Gasteiger partial charge in [-0.25, -0.2) is 9.67 Å². The van der Waals surface area contributed by atoms with E-state index in [1.165, 1.54) is 51.0 Å². The van der Waals surface area contributed by atoms with Crippen LogP contribution in [0.4, 0.5) is 11.4 Å². The maximum atomic E-state index is 11.8. The third-order valence-corrected chi connectivity index (χ3v) is 6.79. The van der Waals surface area contributed by atoms with Crippen molar-refractivity contribution >= 4 is 28.9 Å². The summed E-state index contributed by atoms with van der Waals surface area (Å²) >= 11 is 1.34. The number of hydrogen-bond acceptors (Lipinski definition) is 11. The molecule has 0 bridgehead atoms. The van der Waals surface area contributed by atoms with Crippen LogP contribution in [-0.2, 0) is 0 Å². The summed E-state index contributed by atoms with van der Waals surface area (Å²) in [5.74, 6) is 2.76. The smallest absolute Gasteiger partial charge is 0.282 e. The minimum Gasteiger partial charge on any atom is -0.497 e. The van der Waals surface area contributed by atoms with E-state index < -0.39 is 4.92 Å². The average molecular weight is 565 g/mol. The average Bonchev–Trinajstić information content (AvgIpc) is 3.61. The monoisotopic (exact) mass is 564 g/mol. The van der Waals surface area contributed by atoms with Crippen molar-refractivity contribution in [1.29, 1.82) is 0 Å². The first-order valence-electron chi connectivity index (χ1n) is 11.8. The van der Waals surface area contributed by atoms with Gasteiger partial charge in [-0.2, -0.15) is 5.10 Å². The predicted molar refractivity (Wildman–Crippen MR) is 148 cm³/mol. The molecule has 0 saturated heterocycles. The number of hydrogen-bond donors (Lipinski definition) is 0. The molecule has 0 N–H and O–H groups in total. The number of nitrogens with zero attached hydrogens (tertiary/aromatic N) is 4. The van der Waals surface area contributed by atoms with E-state index in [1.54, 1.807) is 36.1 Å². The molecule has 0 spiro atoms. The van der Waals surface area contributed by atoms with Crippen molar-refractivity contribution in [2.24, 2.45) is 10.1 Å². The first-order valence-corrected chi connectivity index (χ1v) is 12.7. The van der Waals surface area contributed by atoms with Crippen LogP contribution in [0.3, 0.4) is 0 Å². The standard InChI is InChI=1S/C27H24N4O8S/c1-34-19-7-5-18(6-8-19)29-27-30(28-13-17-11-22-23(39-15-38-22)12-20(17)31(32)33)21(14-40-27)16-9-24(35-2)26(37-4)25(10-16)36-3/h5-14H,15H2,1-4H3/b28-13-,29-27?. The number of rotatable bonds is 9. The first-order chi connectivity index (χ1) is 19.4. The van der Waals surface area contributed by atoms with Crippen LogP contribution in [0.25, 0.3) is 11.3 Å². The Kier molecular flexibility index (Phi) is 7.55. The van der Waals surface area contributed by atoms with Gasteiger partial charge >= 0.3 is 0 Å². The van der Waals surface area contributed by atoms with Gasteiger partial charge in [-0.3, -0.25) is 10.1 Å². The predicted octanol–water partition coefficient (Wildman–Crippen LogP) is 5.00. The van der Waals surface area contributed by atoms with Gasteiger partial charge in [0.15, 0.2) is 23.0 Å². The number of benzene rings is 3. The number of thiazole rings is 1. The van der Waals surface area contributed by atoms with Gasteiger partial charge < -0.3 is 28.4 Å². The zero-order chi connectivity index (χ0) is 28.2. The highest BCUT2D eigenvalue weighted by atomic mass is 32.1. The fraction of sp³-hybridized carbons (Fsp3) is 0.185. The third kappa shape index (κ3) is 5.14. The van der Waals surface area contributed by atoms with Crippen molar-refractivity contribution in [2.45, 2.75) is 0 Å². The largest absolute Gasteiger partial charge is 0.497 e. The Morgan fingerprint density at radius 3 is 2.23 bits per heavy atom. The van der Waals surface area contributed by atoms with Crippen molar-refractivity contribution in [3.63, 3.8) is 0 Å². The maximum Gasteiger partial charge on any atom is 0.282 e. The molecule has 13 heteroatoms. The molecule has 1 aliphatic heterocycles. The van der Waals surface area contributed by atoms with Crippen LogP contribution in [0, 0.1) is 10.1 Å². The summed E-state index contributed by atoms with van der Waals surface area (Å²) in [5, 5.41) is 18.3. The highest BCUT2D eigenvalue weighted by Crippen LogP contribution is 2.41. The van der Waals surface area contributed by atoms with E-state index in [1.807, 2.05) is 17.5 Å². The van der Waals surface area contributed by atoms with Crippen molar-refractivity contribution in [3.05, 3.63) is 74.4 Å². The van der Waals surface area contributed by atoms with E-state index in [0.717, 1.165) is 0 Å². The molecule has 0 saturated carbocycles. The molecule has 2 heterocycles. The lowest BCUT2D eigenvalue weighted by molar-refractivity contribution is -0.385. The molecule has 0 aliphatic carbocycles. The van der Waals surface area contributed by atoms with Gasteiger partial charge in [-0.15, -0.1) is 11.3 Å². The zero-order valence-electron chi connectivity index (χ0n) is 21.9. The summed E-state index contributed by atoms with van der Waals surface area (Å²) in [6.07, 6.45) is 1.39.